The summed E-state index contributed by atoms with van der Waals surface area (Å²) in [6, 6.07) is 6.53. The van der Waals surface area contributed by atoms with Gasteiger partial charge in [0.25, 0.3) is 0 Å². The highest BCUT2D eigenvalue weighted by atomic mass is 16.3. The fourth-order valence-electron chi connectivity index (χ4n) is 4.45. The van der Waals surface area contributed by atoms with Gasteiger partial charge in [0.15, 0.2) is 0 Å². The summed E-state index contributed by atoms with van der Waals surface area (Å²) in [5.41, 5.74) is 5.29. The first-order valence-electron chi connectivity index (χ1n) is 10.5. The molecule has 1 fully saturated rings. The Bertz CT molecular complexity index is 790. The van der Waals surface area contributed by atoms with Crippen molar-refractivity contribution in [2.24, 2.45) is 0 Å². The van der Waals surface area contributed by atoms with E-state index in [1.807, 2.05) is 0 Å². The second-order valence-corrected chi connectivity index (χ2v) is 8.16. The third-order valence-electron chi connectivity index (χ3n) is 6.08. The fourth-order valence-corrected chi connectivity index (χ4v) is 4.45. The maximum Gasteiger partial charge on any atom is 0.234 e. The molecule has 2 heterocycles. The van der Waals surface area contributed by atoms with Crippen LogP contribution in [-0.2, 0) is 24.2 Å². The number of aliphatic hydroxyl groups is 1. The van der Waals surface area contributed by atoms with Crippen LogP contribution in [0.15, 0.2) is 18.2 Å². The molecule has 5 heteroatoms. The summed E-state index contributed by atoms with van der Waals surface area (Å²) in [6.45, 7) is 2.60. The topological polar surface area (TPSA) is 68.4 Å². The van der Waals surface area contributed by atoms with Crippen LogP contribution in [0.2, 0.25) is 0 Å². The monoisotopic (exact) mass is 369 g/mol. The minimum atomic E-state index is -0.197. The van der Waals surface area contributed by atoms with E-state index in [4.69, 9.17) is 0 Å². The van der Waals surface area contributed by atoms with E-state index < -0.39 is 0 Å². The molecule has 2 aromatic rings. The molecule has 4 rings (SSSR count). The molecule has 27 heavy (non-hydrogen) atoms. The maximum absolute atomic E-state index is 12.3. The highest BCUT2D eigenvalue weighted by Gasteiger charge is 2.19. The number of nitrogens with one attached hydrogen (secondary N) is 2. The molecule has 3 N–H and O–H groups in total. The number of carbonyl (C=O) groups is 1. The van der Waals surface area contributed by atoms with Crippen molar-refractivity contribution < 1.29 is 9.90 Å². The van der Waals surface area contributed by atoms with Gasteiger partial charge in [0.2, 0.25) is 5.91 Å². The lowest BCUT2D eigenvalue weighted by atomic mass is 9.96. The number of rotatable bonds is 4. The molecule has 1 aromatic carbocycles. The van der Waals surface area contributed by atoms with Crippen LogP contribution >= 0.6 is 0 Å². The summed E-state index contributed by atoms with van der Waals surface area (Å²) in [5.74, 6) is 0.0656. The molecule has 0 unspecified atom stereocenters. The van der Waals surface area contributed by atoms with E-state index in [1.165, 1.54) is 47.8 Å². The molecule has 5 nitrogen and oxygen atoms in total. The zero-order valence-corrected chi connectivity index (χ0v) is 16.1. The van der Waals surface area contributed by atoms with E-state index in [9.17, 15) is 9.90 Å². The zero-order chi connectivity index (χ0) is 18.6. The van der Waals surface area contributed by atoms with Crippen molar-refractivity contribution in [3.63, 3.8) is 0 Å². The van der Waals surface area contributed by atoms with Gasteiger partial charge in [0.1, 0.15) is 0 Å². The van der Waals surface area contributed by atoms with Crippen LogP contribution in [0.25, 0.3) is 10.9 Å². The van der Waals surface area contributed by atoms with Crippen LogP contribution < -0.4 is 5.32 Å². The Morgan fingerprint density at radius 3 is 2.74 bits per heavy atom. The van der Waals surface area contributed by atoms with Crippen molar-refractivity contribution in [2.45, 2.75) is 64.0 Å². The Morgan fingerprint density at radius 2 is 1.93 bits per heavy atom. The van der Waals surface area contributed by atoms with Crippen LogP contribution in [-0.4, -0.2) is 46.6 Å². The molecule has 0 radical (unpaired) electrons. The van der Waals surface area contributed by atoms with E-state index in [2.05, 4.69) is 33.4 Å². The summed E-state index contributed by atoms with van der Waals surface area (Å²) in [4.78, 5) is 18.0. The smallest absolute Gasteiger partial charge is 0.234 e. The standard InChI is InChI=1S/C22H31N3O2/c26-17-9-11-25(12-10-17)15-22(27)23-14-16-7-8-21-19(13-16)18-5-3-1-2-4-6-20(18)24-21/h7-8,13,17,24,26H,1-6,9-12,14-15H2,(H,23,27). The van der Waals surface area contributed by atoms with Crippen LogP contribution in [0.5, 0.6) is 0 Å². The number of hydrogen-bond donors (Lipinski definition) is 3. The molecule has 0 saturated carbocycles. The summed E-state index contributed by atoms with van der Waals surface area (Å²) in [7, 11) is 0. The van der Waals surface area contributed by atoms with Crippen molar-refractivity contribution in [3.8, 4) is 0 Å². The number of aryl methyl sites for hydroxylation is 2. The quantitative estimate of drug-likeness (QED) is 0.776. The number of aromatic nitrogens is 1. The summed E-state index contributed by atoms with van der Waals surface area (Å²) in [6.07, 6.45) is 8.86. The van der Waals surface area contributed by atoms with Gasteiger partial charge in [-0.3, -0.25) is 9.69 Å². The number of nitrogens with zero attached hydrogens (tertiary/aromatic N) is 1. The number of hydrogen-bond acceptors (Lipinski definition) is 3. The second kappa shape index (κ2) is 8.44. The van der Waals surface area contributed by atoms with Gasteiger partial charge in [0.05, 0.1) is 12.6 Å². The minimum absolute atomic E-state index is 0.0656. The van der Waals surface area contributed by atoms with Gasteiger partial charge in [-0.1, -0.05) is 18.9 Å². The van der Waals surface area contributed by atoms with Crippen molar-refractivity contribution in [1.82, 2.24) is 15.2 Å². The molecule has 1 saturated heterocycles. The fraction of sp³-hybridized carbons (Fsp3) is 0.591. The number of aliphatic hydroxyl groups excluding tert-OH is 1. The molecule has 1 amide bonds. The molecule has 1 aliphatic carbocycles. The van der Waals surface area contributed by atoms with Gasteiger partial charge >= 0.3 is 0 Å². The summed E-state index contributed by atoms with van der Waals surface area (Å²) in [5, 5.41) is 14.0. The summed E-state index contributed by atoms with van der Waals surface area (Å²) < 4.78 is 0. The van der Waals surface area contributed by atoms with Crippen molar-refractivity contribution in [1.29, 1.82) is 0 Å². The Morgan fingerprint density at radius 1 is 1.15 bits per heavy atom. The van der Waals surface area contributed by atoms with Crippen LogP contribution in [0.3, 0.4) is 0 Å². The van der Waals surface area contributed by atoms with E-state index in [0.29, 0.717) is 13.1 Å². The Balaban J connectivity index is 1.38. The van der Waals surface area contributed by atoms with E-state index in [1.54, 1.807) is 0 Å². The van der Waals surface area contributed by atoms with Crippen molar-refractivity contribution in [3.05, 3.63) is 35.0 Å². The van der Waals surface area contributed by atoms with E-state index in [0.717, 1.165) is 44.3 Å². The lowest BCUT2D eigenvalue weighted by molar-refractivity contribution is -0.122. The molecular weight excluding hydrogens is 338 g/mol. The largest absolute Gasteiger partial charge is 0.393 e. The Hall–Kier alpha value is -1.85. The highest BCUT2D eigenvalue weighted by Crippen LogP contribution is 2.28. The summed E-state index contributed by atoms with van der Waals surface area (Å²) >= 11 is 0. The molecule has 1 aromatic heterocycles. The third kappa shape index (κ3) is 4.53. The zero-order valence-electron chi connectivity index (χ0n) is 16.1. The van der Waals surface area contributed by atoms with Gasteiger partial charge in [-0.15, -0.1) is 0 Å². The SMILES string of the molecule is O=C(CN1CCC(O)CC1)NCc1ccc2[nH]c3c(c2c1)CCCCCC3. The number of piperidine rings is 1. The van der Waals surface area contributed by atoms with Gasteiger partial charge < -0.3 is 15.4 Å². The number of likely N-dealkylation sites (tertiary alicyclic amines) is 1. The number of aromatic amines is 1. The number of amides is 1. The molecule has 0 spiro atoms. The van der Waals surface area contributed by atoms with Gasteiger partial charge in [-0.2, -0.15) is 0 Å². The van der Waals surface area contributed by atoms with Crippen molar-refractivity contribution in [2.75, 3.05) is 19.6 Å². The maximum atomic E-state index is 12.3. The van der Waals surface area contributed by atoms with Gasteiger partial charge in [0, 0.05) is 36.2 Å². The average molecular weight is 370 g/mol. The first-order chi connectivity index (χ1) is 13.2. The lowest BCUT2D eigenvalue weighted by Gasteiger charge is -2.28. The third-order valence-corrected chi connectivity index (χ3v) is 6.08. The predicted octanol–water partition coefficient (Wildman–Crippen LogP) is 2.90. The first kappa shape index (κ1) is 18.5. The average Bonchev–Trinajstić information content (AvgIpc) is 2.98. The number of H-pyrrole nitrogens is 1. The number of fused-ring (bicyclic) bond motifs is 3. The van der Waals surface area contributed by atoms with Gasteiger partial charge in [-0.25, -0.2) is 0 Å². The Labute approximate surface area is 161 Å². The molecule has 1 aliphatic heterocycles. The lowest BCUT2D eigenvalue weighted by Crippen LogP contribution is -2.42. The molecule has 146 valence electrons. The molecule has 0 bridgehead atoms. The van der Waals surface area contributed by atoms with Crippen LogP contribution in [0, 0.1) is 0 Å². The van der Waals surface area contributed by atoms with Crippen LogP contribution in [0.4, 0.5) is 0 Å². The van der Waals surface area contributed by atoms with Crippen molar-refractivity contribution >= 4 is 16.8 Å². The normalized spacial score (nSPS) is 19.4. The van der Waals surface area contributed by atoms with E-state index in [-0.39, 0.29) is 12.0 Å². The molecular formula is C22H31N3O2. The highest BCUT2D eigenvalue weighted by molar-refractivity contribution is 5.85. The number of benzene rings is 1. The molecule has 0 atom stereocenters. The van der Waals surface area contributed by atoms with Crippen LogP contribution in [0.1, 0.15) is 55.3 Å². The predicted molar refractivity (Wildman–Crippen MR) is 108 cm³/mol. The minimum Gasteiger partial charge on any atom is -0.393 e. The first-order valence-corrected chi connectivity index (χ1v) is 10.5. The van der Waals surface area contributed by atoms with Gasteiger partial charge in [-0.05, 0) is 61.8 Å². The molecule has 2 aliphatic rings. The number of carbonyl (C=O) groups excluding carboxylic acids is 1. The Kier molecular flexibility index (Phi) is 5.79. The van der Waals surface area contributed by atoms with E-state index >= 15 is 0 Å². The second-order valence-electron chi connectivity index (χ2n) is 8.16.